The molecule has 1 fully saturated rings. The molecule has 0 spiro atoms. The quantitative estimate of drug-likeness (QED) is 0.754. The second-order valence-electron chi connectivity index (χ2n) is 4.77. The van der Waals surface area contributed by atoms with E-state index in [0.717, 1.165) is 18.8 Å². The number of rotatable bonds is 2. The second kappa shape index (κ2) is 4.09. The van der Waals surface area contributed by atoms with Gasteiger partial charge in [-0.3, -0.25) is 0 Å². The fraction of sp³-hybridized carbons (Fsp3) is 0.545. The van der Waals surface area contributed by atoms with Crippen LogP contribution in [-0.2, 0) is 0 Å². The zero-order valence-electron chi connectivity index (χ0n) is 10.2. The van der Waals surface area contributed by atoms with Gasteiger partial charge in [-0.05, 0) is 12.3 Å². The van der Waals surface area contributed by atoms with Crippen LogP contribution in [0.1, 0.15) is 13.3 Å². The molecule has 0 amide bonds. The number of fused-ring (bicyclic) bond motifs is 1. The number of nitrogens with zero attached hydrogens (tertiary/aromatic N) is 4. The molecular formula is C11H16N6O. The first-order valence-electron chi connectivity index (χ1n) is 6.10. The van der Waals surface area contributed by atoms with E-state index in [-0.39, 0.29) is 5.69 Å². The maximum atomic E-state index is 11.4. The van der Waals surface area contributed by atoms with Gasteiger partial charge in [-0.25, -0.2) is 19.3 Å². The van der Waals surface area contributed by atoms with Gasteiger partial charge in [-0.2, -0.15) is 5.10 Å². The zero-order valence-corrected chi connectivity index (χ0v) is 10.2. The van der Waals surface area contributed by atoms with E-state index < -0.39 is 0 Å². The van der Waals surface area contributed by atoms with E-state index in [1.54, 1.807) is 0 Å². The van der Waals surface area contributed by atoms with Crippen molar-refractivity contribution in [2.45, 2.75) is 19.4 Å². The summed E-state index contributed by atoms with van der Waals surface area (Å²) in [5.41, 5.74) is 6.14. The Labute approximate surface area is 104 Å². The standard InChI is InChI=1S/C11H16N6O/c1-7-2-3-16(8(7)5-12)9-4-10-14-15-11(18)17(10)6-13-9/h4,6-8H,2-3,5,12H2,1H3,(H,15,18). The van der Waals surface area contributed by atoms with Crippen LogP contribution in [0, 0.1) is 5.92 Å². The van der Waals surface area contributed by atoms with Gasteiger partial charge in [0.05, 0.1) is 0 Å². The molecule has 7 nitrogen and oxygen atoms in total. The average molecular weight is 248 g/mol. The Morgan fingerprint density at radius 2 is 2.44 bits per heavy atom. The first-order valence-corrected chi connectivity index (χ1v) is 6.10. The fourth-order valence-corrected chi connectivity index (χ4v) is 2.61. The Balaban J connectivity index is 2.01. The number of anilines is 1. The molecule has 1 aliphatic heterocycles. The molecule has 0 radical (unpaired) electrons. The van der Waals surface area contributed by atoms with Gasteiger partial charge in [0.1, 0.15) is 12.1 Å². The summed E-state index contributed by atoms with van der Waals surface area (Å²) in [4.78, 5) is 17.9. The molecule has 7 heteroatoms. The smallest absolute Gasteiger partial charge is 0.348 e. The summed E-state index contributed by atoms with van der Waals surface area (Å²) in [7, 11) is 0. The highest BCUT2D eigenvalue weighted by molar-refractivity contribution is 5.51. The van der Waals surface area contributed by atoms with E-state index >= 15 is 0 Å². The Morgan fingerprint density at radius 3 is 3.22 bits per heavy atom. The topological polar surface area (TPSA) is 92.3 Å². The van der Waals surface area contributed by atoms with Gasteiger partial charge < -0.3 is 10.6 Å². The molecule has 0 saturated carbocycles. The van der Waals surface area contributed by atoms with Gasteiger partial charge in [0, 0.05) is 25.2 Å². The van der Waals surface area contributed by atoms with Gasteiger partial charge >= 0.3 is 5.69 Å². The third kappa shape index (κ3) is 1.59. The number of H-pyrrole nitrogens is 1. The third-order valence-electron chi connectivity index (χ3n) is 3.71. The van der Waals surface area contributed by atoms with Crippen molar-refractivity contribution in [3.8, 4) is 0 Å². The van der Waals surface area contributed by atoms with E-state index in [0.29, 0.717) is 24.2 Å². The number of hydrogen-bond acceptors (Lipinski definition) is 5. The monoisotopic (exact) mass is 248 g/mol. The summed E-state index contributed by atoms with van der Waals surface area (Å²) in [6, 6.07) is 2.13. The molecule has 1 saturated heterocycles. The predicted molar refractivity (Wildman–Crippen MR) is 67.6 cm³/mol. The van der Waals surface area contributed by atoms with Crippen LogP contribution < -0.4 is 16.3 Å². The lowest BCUT2D eigenvalue weighted by atomic mass is 10.0. The maximum absolute atomic E-state index is 11.4. The van der Waals surface area contributed by atoms with Crippen LogP contribution in [0.5, 0.6) is 0 Å². The average Bonchev–Trinajstić information content (AvgIpc) is 2.93. The van der Waals surface area contributed by atoms with Gasteiger partial charge in [0.2, 0.25) is 0 Å². The van der Waals surface area contributed by atoms with E-state index in [1.807, 2.05) is 6.07 Å². The lowest BCUT2D eigenvalue weighted by molar-refractivity contribution is 0.517. The molecule has 2 aromatic rings. The minimum Gasteiger partial charge on any atom is -0.352 e. The second-order valence-corrected chi connectivity index (χ2v) is 4.77. The molecule has 0 aromatic carbocycles. The zero-order chi connectivity index (χ0) is 12.7. The molecule has 1 aliphatic rings. The minimum atomic E-state index is -0.269. The summed E-state index contributed by atoms with van der Waals surface area (Å²) in [5, 5.41) is 6.35. The Hall–Kier alpha value is -1.89. The van der Waals surface area contributed by atoms with Crippen molar-refractivity contribution in [1.29, 1.82) is 0 Å². The van der Waals surface area contributed by atoms with Crippen molar-refractivity contribution in [2.75, 3.05) is 18.0 Å². The summed E-state index contributed by atoms with van der Waals surface area (Å²) >= 11 is 0. The van der Waals surface area contributed by atoms with Crippen LogP contribution in [0.3, 0.4) is 0 Å². The highest BCUT2D eigenvalue weighted by Crippen LogP contribution is 2.27. The lowest BCUT2D eigenvalue weighted by Gasteiger charge is -2.26. The highest BCUT2D eigenvalue weighted by Gasteiger charge is 2.31. The van der Waals surface area contributed by atoms with E-state index in [9.17, 15) is 4.79 Å². The Kier molecular flexibility index (Phi) is 2.55. The number of aromatic nitrogens is 4. The van der Waals surface area contributed by atoms with Crippen LogP contribution >= 0.6 is 0 Å². The number of nitrogens with two attached hydrogens (primary N) is 1. The van der Waals surface area contributed by atoms with Crippen LogP contribution in [0.4, 0.5) is 5.82 Å². The van der Waals surface area contributed by atoms with Crippen LogP contribution in [0.2, 0.25) is 0 Å². The third-order valence-corrected chi connectivity index (χ3v) is 3.71. The first kappa shape index (κ1) is 11.2. The molecule has 3 heterocycles. The summed E-state index contributed by atoms with van der Waals surface area (Å²) in [6.07, 6.45) is 2.62. The molecule has 96 valence electrons. The summed E-state index contributed by atoms with van der Waals surface area (Å²) in [5.74, 6) is 1.40. The normalized spacial score (nSPS) is 24.0. The molecule has 3 N–H and O–H groups in total. The predicted octanol–water partition coefficient (Wildman–Crippen LogP) is -0.409. The first-order chi connectivity index (χ1) is 8.70. The van der Waals surface area contributed by atoms with Crippen LogP contribution in [0.25, 0.3) is 5.65 Å². The SMILES string of the molecule is CC1CCN(c2cc3n[nH]c(=O)n3cn2)C1CN. The van der Waals surface area contributed by atoms with E-state index in [4.69, 9.17) is 5.73 Å². The fourth-order valence-electron chi connectivity index (χ4n) is 2.61. The van der Waals surface area contributed by atoms with Crippen LogP contribution in [0.15, 0.2) is 17.2 Å². The maximum Gasteiger partial charge on any atom is 0.348 e. The number of nitrogens with one attached hydrogen (secondary N) is 1. The van der Waals surface area contributed by atoms with E-state index in [2.05, 4.69) is 27.0 Å². The molecule has 3 rings (SSSR count). The van der Waals surface area contributed by atoms with Crippen molar-refractivity contribution in [2.24, 2.45) is 11.7 Å². The molecule has 0 bridgehead atoms. The van der Waals surface area contributed by atoms with Crippen molar-refractivity contribution >= 4 is 11.5 Å². The van der Waals surface area contributed by atoms with Gasteiger partial charge in [-0.15, -0.1) is 0 Å². The number of hydrogen-bond donors (Lipinski definition) is 2. The van der Waals surface area contributed by atoms with E-state index in [1.165, 1.54) is 10.7 Å². The molecule has 2 unspecified atom stereocenters. The van der Waals surface area contributed by atoms with Gasteiger partial charge in [-0.1, -0.05) is 6.92 Å². The molecule has 2 atom stereocenters. The highest BCUT2D eigenvalue weighted by atomic mass is 16.1. The molecule has 0 aliphatic carbocycles. The summed E-state index contributed by atoms with van der Waals surface area (Å²) < 4.78 is 1.39. The molecule has 18 heavy (non-hydrogen) atoms. The van der Waals surface area contributed by atoms with Gasteiger partial charge in [0.25, 0.3) is 0 Å². The van der Waals surface area contributed by atoms with Crippen molar-refractivity contribution in [3.05, 3.63) is 22.9 Å². The molecular weight excluding hydrogens is 232 g/mol. The Bertz CT molecular complexity index is 617. The largest absolute Gasteiger partial charge is 0.352 e. The molecule has 2 aromatic heterocycles. The van der Waals surface area contributed by atoms with Crippen molar-refractivity contribution in [3.63, 3.8) is 0 Å². The van der Waals surface area contributed by atoms with Gasteiger partial charge in [0.15, 0.2) is 5.65 Å². The van der Waals surface area contributed by atoms with Crippen molar-refractivity contribution in [1.82, 2.24) is 19.6 Å². The van der Waals surface area contributed by atoms with Crippen LogP contribution in [-0.4, -0.2) is 38.7 Å². The number of aromatic amines is 1. The lowest BCUT2D eigenvalue weighted by Crippen LogP contribution is -2.38. The summed E-state index contributed by atoms with van der Waals surface area (Å²) in [6.45, 7) is 3.76. The van der Waals surface area contributed by atoms with Crippen molar-refractivity contribution < 1.29 is 0 Å². The minimum absolute atomic E-state index is 0.269. The Morgan fingerprint density at radius 1 is 1.61 bits per heavy atom.